The van der Waals surface area contributed by atoms with Gasteiger partial charge in [0.25, 0.3) is 0 Å². The van der Waals surface area contributed by atoms with Crippen molar-refractivity contribution in [3.63, 3.8) is 0 Å². The number of carbonyl (C=O) groups excluding carboxylic acids is 1. The third-order valence-corrected chi connectivity index (χ3v) is 4.46. The standard InChI is InChI=1S/C18H22ClN3O2/c1-18(2,3)24-17(23)22-8-4-5-13(10-22)12-6-7-15-14(9-12)16(19)21-11-20-15/h6-7,9,11,13H,4-5,8,10H2,1-3H3. The number of amides is 1. The van der Waals surface area contributed by atoms with Gasteiger partial charge in [-0.05, 0) is 51.3 Å². The Labute approximate surface area is 147 Å². The van der Waals surface area contributed by atoms with Crippen LogP contribution in [0.25, 0.3) is 10.9 Å². The summed E-state index contributed by atoms with van der Waals surface area (Å²) in [4.78, 5) is 22.4. The van der Waals surface area contributed by atoms with Crippen molar-refractivity contribution < 1.29 is 9.53 Å². The van der Waals surface area contributed by atoms with Crippen LogP contribution in [0.5, 0.6) is 0 Å². The van der Waals surface area contributed by atoms with Gasteiger partial charge < -0.3 is 9.64 Å². The molecule has 1 fully saturated rings. The number of hydrogen-bond donors (Lipinski definition) is 0. The summed E-state index contributed by atoms with van der Waals surface area (Å²) in [5, 5.41) is 1.31. The molecule has 1 saturated heterocycles. The maximum absolute atomic E-state index is 12.3. The fraction of sp³-hybridized carbons (Fsp3) is 0.500. The Balaban J connectivity index is 1.80. The summed E-state index contributed by atoms with van der Waals surface area (Å²) < 4.78 is 5.50. The Bertz CT molecular complexity index is 758. The summed E-state index contributed by atoms with van der Waals surface area (Å²) >= 11 is 6.18. The molecule has 1 aliphatic heterocycles. The molecular weight excluding hydrogens is 326 g/mol. The van der Waals surface area contributed by atoms with Gasteiger partial charge in [-0.25, -0.2) is 14.8 Å². The minimum absolute atomic E-state index is 0.241. The van der Waals surface area contributed by atoms with Crippen LogP contribution in [-0.2, 0) is 4.74 Å². The van der Waals surface area contributed by atoms with Gasteiger partial charge in [0.1, 0.15) is 17.1 Å². The number of aromatic nitrogens is 2. The molecule has 1 aromatic carbocycles. The highest BCUT2D eigenvalue weighted by molar-refractivity contribution is 6.34. The van der Waals surface area contributed by atoms with Crippen LogP contribution < -0.4 is 0 Å². The van der Waals surface area contributed by atoms with Crippen molar-refractivity contribution in [2.45, 2.75) is 45.1 Å². The molecule has 1 amide bonds. The first-order valence-electron chi connectivity index (χ1n) is 8.21. The first-order valence-corrected chi connectivity index (χ1v) is 8.59. The number of fused-ring (bicyclic) bond motifs is 1. The molecule has 6 heteroatoms. The summed E-state index contributed by atoms with van der Waals surface area (Å²) in [6.45, 7) is 7.06. The summed E-state index contributed by atoms with van der Waals surface area (Å²) in [5.74, 6) is 0.270. The molecule has 1 aliphatic rings. The Morgan fingerprint density at radius 3 is 2.88 bits per heavy atom. The van der Waals surface area contributed by atoms with Crippen molar-refractivity contribution in [2.24, 2.45) is 0 Å². The van der Waals surface area contributed by atoms with Gasteiger partial charge in [0, 0.05) is 24.4 Å². The van der Waals surface area contributed by atoms with E-state index in [1.54, 1.807) is 4.90 Å². The molecular formula is C18H22ClN3O2. The minimum atomic E-state index is -0.474. The number of benzene rings is 1. The van der Waals surface area contributed by atoms with E-state index in [2.05, 4.69) is 16.0 Å². The van der Waals surface area contributed by atoms with Crippen molar-refractivity contribution in [1.29, 1.82) is 0 Å². The maximum atomic E-state index is 12.3. The molecule has 0 spiro atoms. The van der Waals surface area contributed by atoms with Crippen molar-refractivity contribution in [2.75, 3.05) is 13.1 Å². The molecule has 0 bridgehead atoms. The van der Waals surface area contributed by atoms with E-state index in [-0.39, 0.29) is 12.0 Å². The van der Waals surface area contributed by atoms with Gasteiger partial charge in [-0.2, -0.15) is 0 Å². The molecule has 0 saturated carbocycles. The maximum Gasteiger partial charge on any atom is 0.410 e. The Morgan fingerprint density at radius 1 is 1.33 bits per heavy atom. The highest BCUT2D eigenvalue weighted by Gasteiger charge is 2.28. The zero-order valence-electron chi connectivity index (χ0n) is 14.3. The number of carbonyl (C=O) groups is 1. The molecule has 5 nitrogen and oxygen atoms in total. The molecule has 1 unspecified atom stereocenters. The van der Waals surface area contributed by atoms with Gasteiger partial charge in [-0.15, -0.1) is 0 Å². The van der Waals surface area contributed by atoms with E-state index in [0.717, 1.165) is 35.9 Å². The number of piperidine rings is 1. The molecule has 0 aliphatic carbocycles. The molecule has 1 atom stereocenters. The largest absolute Gasteiger partial charge is 0.444 e. The molecule has 0 N–H and O–H groups in total. The number of rotatable bonds is 1. The fourth-order valence-electron chi connectivity index (χ4n) is 3.04. The lowest BCUT2D eigenvalue weighted by Crippen LogP contribution is -2.42. The highest BCUT2D eigenvalue weighted by atomic mass is 35.5. The summed E-state index contributed by atoms with van der Waals surface area (Å²) in [5.41, 5.74) is 1.52. The van der Waals surface area contributed by atoms with Gasteiger partial charge in [0.2, 0.25) is 0 Å². The number of likely N-dealkylation sites (tertiary alicyclic amines) is 1. The Kier molecular flexibility index (Phi) is 4.63. The van der Waals surface area contributed by atoms with Crippen LogP contribution >= 0.6 is 11.6 Å². The van der Waals surface area contributed by atoms with Gasteiger partial charge in [-0.3, -0.25) is 0 Å². The first-order chi connectivity index (χ1) is 11.3. The van der Waals surface area contributed by atoms with Crippen LogP contribution in [-0.4, -0.2) is 39.7 Å². The van der Waals surface area contributed by atoms with Crippen LogP contribution in [0, 0.1) is 0 Å². The van der Waals surface area contributed by atoms with Gasteiger partial charge >= 0.3 is 6.09 Å². The average Bonchev–Trinajstić information content (AvgIpc) is 2.53. The minimum Gasteiger partial charge on any atom is -0.444 e. The summed E-state index contributed by atoms with van der Waals surface area (Å²) in [6.07, 6.45) is 3.22. The first kappa shape index (κ1) is 17.0. The van der Waals surface area contributed by atoms with Crippen molar-refractivity contribution >= 4 is 28.6 Å². The van der Waals surface area contributed by atoms with Crippen LogP contribution in [0.1, 0.15) is 45.1 Å². The molecule has 2 aromatic rings. The van der Waals surface area contributed by atoms with E-state index in [4.69, 9.17) is 16.3 Å². The lowest BCUT2D eigenvalue weighted by Gasteiger charge is -2.34. The van der Waals surface area contributed by atoms with Gasteiger partial charge in [0.05, 0.1) is 5.52 Å². The SMILES string of the molecule is CC(C)(C)OC(=O)N1CCCC(c2ccc3ncnc(Cl)c3c2)C1. The second-order valence-electron chi connectivity index (χ2n) is 7.21. The van der Waals surface area contributed by atoms with Crippen molar-refractivity contribution in [3.8, 4) is 0 Å². The second kappa shape index (κ2) is 6.55. The second-order valence-corrected chi connectivity index (χ2v) is 7.56. The topological polar surface area (TPSA) is 55.3 Å². The van der Waals surface area contributed by atoms with E-state index in [1.165, 1.54) is 6.33 Å². The smallest absolute Gasteiger partial charge is 0.410 e. The quantitative estimate of drug-likeness (QED) is 0.717. The van der Waals surface area contributed by atoms with E-state index in [9.17, 15) is 4.79 Å². The molecule has 3 rings (SSSR count). The third-order valence-electron chi connectivity index (χ3n) is 4.16. The van der Waals surface area contributed by atoms with E-state index in [0.29, 0.717) is 11.7 Å². The average molecular weight is 348 g/mol. The number of hydrogen-bond acceptors (Lipinski definition) is 4. The monoisotopic (exact) mass is 347 g/mol. The van der Waals surface area contributed by atoms with Crippen LogP contribution in [0.2, 0.25) is 5.15 Å². The number of ether oxygens (including phenoxy) is 1. The molecule has 0 radical (unpaired) electrons. The lowest BCUT2D eigenvalue weighted by molar-refractivity contribution is 0.0198. The lowest BCUT2D eigenvalue weighted by atomic mass is 9.90. The molecule has 1 aromatic heterocycles. The van der Waals surface area contributed by atoms with Gasteiger partial charge in [-0.1, -0.05) is 17.7 Å². The predicted octanol–water partition coefficient (Wildman–Crippen LogP) is 4.40. The van der Waals surface area contributed by atoms with E-state index >= 15 is 0 Å². The summed E-state index contributed by atoms with van der Waals surface area (Å²) in [6, 6.07) is 6.07. The molecule has 2 heterocycles. The number of halogens is 1. The summed E-state index contributed by atoms with van der Waals surface area (Å²) in [7, 11) is 0. The normalized spacial score (nSPS) is 18.7. The third kappa shape index (κ3) is 3.78. The molecule has 128 valence electrons. The van der Waals surface area contributed by atoms with Gasteiger partial charge in [0.15, 0.2) is 0 Å². The van der Waals surface area contributed by atoms with Crippen LogP contribution in [0.15, 0.2) is 24.5 Å². The van der Waals surface area contributed by atoms with Crippen LogP contribution in [0.3, 0.4) is 0 Å². The zero-order chi connectivity index (χ0) is 17.3. The Morgan fingerprint density at radius 2 is 2.12 bits per heavy atom. The zero-order valence-corrected chi connectivity index (χ0v) is 15.0. The van der Waals surface area contributed by atoms with E-state index < -0.39 is 5.60 Å². The predicted molar refractivity (Wildman–Crippen MR) is 94.3 cm³/mol. The molecule has 24 heavy (non-hydrogen) atoms. The fourth-order valence-corrected chi connectivity index (χ4v) is 3.23. The van der Waals surface area contributed by atoms with Crippen molar-refractivity contribution in [1.82, 2.24) is 14.9 Å². The Hall–Kier alpha value is -1.88. The number of nitrogens with zero attached hydrogens (tertiary/aromatic N) is 3. The highest BCUT2D eigenvalue weighted by Crippen LogP contribution is 2.31. The van der Waals surface area contributed by atoms with Crippen LogP contribution in [0.4, 0.5) is 4.79 Å². The van der Waals surface area contributed by atoms with E-state index in [1.807, 2.05) is 32.9 Å². The van der Waals surface area contributed by atoms with Crippen molar-refractivity contribution in [3.05, 3.63) is 35.2 Å².